The summed E-state index contributed by atoms with van der Waals surface area (Å²) in [5.74, 6) is 0. The van der Waals surface area contributed by atoms with Crippen LogP contribution in [-0.4, -0.2) is 21.5 Å². The fourth-order valence-electron chi connectivity index (χ4n) is 3.42. The van der Waals surface area contributed by atoms with Crippen molar-refractivity contribution in [3.8, 4) is 11.3 Å². The van der Waals surface area contributed by atoms with Gasteiger partial charge in [0.1, 0.15) is 11.4 Å². The molecule has 0 unspecified atom stereocenters. The van der Waals surface area contributed by atoms with E-state index >= 15 is 0 Å². The van der Waals surface area contributed by atoms with E-state index in [0.29, 0.717) is 13.1 Å². The van der Waals surface area contributed by atoms with Gasteiger partial charge in [0.2, 0.25) is 0 Å². The summed E-state index contributed by atoms with van der Waals surface area (Å²) in [5, 5.41) is 13.2. The second-order valence-corrected chi connectivity index (χ2v) is 7.23. The van der Waals surface area contributed by atoms with E-state index in [0.717, 1.165) is 29.9 Å². The molecule has 1 aromatic heterocycles. The summed E-state index contributed by atoms with van der Waals surface area (Å²) >= 11 is 0. The van der Waals surface area contributed by atoms with Gasteiger partial charge in [0.25, 0.3) is 0 Å². The third-order valence-corrected chi connectivity index (χ3v) is 5.07. The van der Waals surface area contributed by atoms with E-state index in [2.05, 4.69) is 79.0 Å². The van der Waals surface area contributed by atoms with Crippen molar-refractivity contribution in [2.24, 2.45) is 0 Å². The Balaban J connectivity index is 1.50. The van der Waals surface area contributed by atoms with Crippen molar-refractivity contribution in [1.29, 1.82) is 0 Å². The van der Waals surface area contributed by atoms with Crippen LogP contribution >= 0.6 is 0 Å². The maximum atomic E-state index is 4.82. The van der Waals surface area contributed by atoms with Crippen LogP contribution in [0.25, 0.3) is 11.3 Å². The van der Waals surface area contributed by atoms with Crippen molar-refractivity contribution in [1.82, 2.24) is 20.3 Å². The Bertz CT molecular complexity index is 1040. The fourth-order valence-corrected chi connectivity index (χ4v) is 3.42. The molecule has 0 atom stereocenters. The average Bonchev–Trinajstić information content (AvgIpc) is 3.17. The Morgan fingerprint density at radius 1 is 0.793 bits per heavy atom. The predicted molar refractivity (Wildman–Crippen MR) is 118 cm³/mol. The van der Waals surface area contributed by atoms with Gasteiger partial charge in [-0.25, -0.2) is 0 Å². The minimum Gasteiger partial charge on any atom is -0.311 e. The van der Waals surface area contributed by atoms with E-state index in [9.17, 15) is 0 Å². The number of rotatable bonds is 8. The van der Waals surface area contributed by atoms with Gasteiger partial charge >= 0.3 is 0 Å². The first-order valence-corrected chi connectivity index (χ1v) is 10.1. The van der Waals surface area contributed by atoms with Gasteiger partial charge in [0, 0.05) is 12.1 Å². The lowest BCUT2D eigenvalue weighted by molar-refractivity contribution is 0.575. The van der Waals surface area contributed by atoms with E-state index in [4.69, 9.17) is 10.2 Å². The number of nitrogens with zero attached hydrogens (tertiary/aromatic N) is 3. The number of aryl methyl sites for hydroxylation is 1. The maximum absolute atomic E-state index is 4.82. The minimum atomic E-state index is 0.677. The van der Waals surface area contributed by atoms with Gasteiger partial charge in [-0.1, -0.05) is 84.9 Å². The quantitative estimate of drug-likeness (QED) is 0.452. The highest BCUT2D eigenvalue weighted by Crippen LogP contribution is 2.20. The van der Waals surface area contributed by atoms with Gasteiger partial charge in [-0.15, -0.1) is 0 Å². The first-order valence-electron chi connectivity index (χ1n) is 10.1. The standard InChI is InChI=1S/C25H26N4/c1-20-10-8-9-15-23(20)19-29-27-24(25(28-29)22-13-6-3-7-14-22)18-26-17-16-21-11-4-2-5-12-21/h2-15,26H,16-19H2,1H3. The molecule has 4 nitrogen and oxygen atoms in total. The second kappa shape index (κ2) is 9.30. The molecule has 4 aromatic rings. The molecular weight excluding hydrogens is 356 g/mol. The molecule has 0 bridgehead atoms. The largest absolute Gasteiger partial charge is 0.311 e. The molecule has 0 aliphatic carbocycles. The Hall–Kier alpha value is -3.24. The lowest BCUT2D eigenvalue weighted by Crippen LogP contribution is -2.17. The minimum absolute atomic E-state index is 0.677. The summed E-state index contributed by atoms with van der Waals surface area (Å²) in [4.78, 5) is 1.82. The van der Waals surface area contributed by atoms with Gasteiger partial charge in [-0.2, -0.15) is 15.0 Å². The van der Waals surface area contributed by atoms with Crippen molar-refractivity contribution in [2.75, 3.05) is 6.54 Å². The van der Waals surface area contributed by atoms with Crippen LogP contribution in [0.1, 0.15) is 22.4 Å². The van der Waals surface area contributed by atoms with Gasteiger partial charge in [-0.05, 0) is 36.6 Å². The number of aromatic nitrogens is 3. The van der Waals surface area contributed by atoms with E-state index in [1.165, 1.54) is 16.7 Å². The summed E-state index contributed by atoms with van der Waals surface area (Å²) in [6.07, 6.45) is 0.999. The van der Waals surface area contributed by atoms with Crippen molar-refractivity contribution < 1.29 is 0 Å². The summed E-state index contributed by atoms with van der Waals surface area (Å²) in [7, 11) is 0. The molecule has 0 radical (unpaired) electrons. The van der Waals surface area contributed by atoms with Crippen molar-refractivity contribution in [2.45, 2.75) is 26.4 Å². The molecule has 0 aliphatic heterocycles. The van der Waals surface area contributed by atoms with Crippen LogP contribution in [0.3, 0.4) is 0 Å². The molecule has 1 N–H and O–H groups in total. The van der Waals surface area contributed by atoms with E-state index in [1.54, 1.807) is 0 Å². The van der Waals surface area contributed by atoms with Gasteiger partial charge in [-0.3, -0.25) is 0 Å². The third-order valence-electron chi connectivity index (χ3n) is 5.07. The van der Waals surface area contributed by atoms with E-state index < -0.39 is 0 Å². The molecule has 0 spiro atoms. The lowest BCUT2D eigenvalue weighted by atomic mass is 10.1. The molecular formula is C25H26N4. The van der Waals surface area contributed by atoms with Crippen molar-refractivity contribution in [3.63, 3.8) is 0 Å². The van der Waals surface area contributed by atoms with Crippen LogP contribution in [0, 0.1) is 6.92 Å². The molecule has 0 fully saturated rings. The van der Waals surface area contributed by atoms with Gasteiger partial charge < -0.3 is 5.32 Å². The van der Waals surface area contributed by atoms with Crippen molar-refractivity contribution >= 4 is 0 Å². The Labute approximate surface area is 172 Å². The highest BCUT2D eigenvalue weighted by Gasteiger charge is 2.13. The van der Waals surface area contributed by atoms with Crippen LogP contribution in [0.5, 0.6) is 0 Å². The second-order valence-electron chi connectivity index (χ2n) is 7.23. The summed E-state index contributed by atoms with van der Waals surface area (Å²) in [5.41, 5.74) is 6.87. The molecule has 4 heteroatoms. The van der Waals surface area contributed by atoms with Crippen LogP contribution in [0.15, 0.2) is 84.9 Å². The fraction of sp³-hybridized carbons (Fsp3) is 0.200. The van der Waals surface area contributed by atoms with E-state index in [1.807, 2.05) is 23.0 Å². The molecule has 1 heterocycles. The number of benzene rings is 3. The zero-order valence-electron chi connectivity index (χ0n) is 16.8. The van der Waals surface area contributed by atoms with Crippen LogP contribution in [-0.2, 0) is 19.5 Å². The molecule has 0 saturated heterocycles. The van der Waals surface area contributed by atoms with Crippen LogP contribution in [0.2, 0.25) is 0 Å². The zero-order chi connectivity index (χ0) is 19.9. The van der Waals surface area contributed by atoms with Gasteiger partial charge in [0.15, 0.2) is 0 Å². The monoisotopic (exact) mass is 382 g/mol. The molecule has 29 heavy (non-hydrogen) atoms. The number of hydrogen-bond donors (Lipinski definition) is 1. The number of hydrogen-bond acceptors (Lipinski definition) is 3. The normalized spacial score (nSPS) is 10.9. The molecule has 0 amide bonds. The summed E-state index contributed by atoms with van der Waals surface area (Å²) in [6, 6.07) is 29.2. The zero-order valence-corrected chi connectivity index (χ0v) is 16.8. The van der Waals surface area contributed by atoms with Crippen molar-refractivity contribution in [3.05, 3.63) is 107 Å². The van der Waals surface area contributed by atoms with Gasteiger partial charge in [0.05, 0.1) is 6.54 Å². The first kappa shape index (κ1) is 19.1. The van der Waals surface area contributed by atoms with Crippen LogP contribution in [0.4, 0.5) is 0 Å². The SMILES string of the molecule is Cc1ccccc1Cn1nc(CNCCc2ccccc2)c(-c2ccccc2)n1. The average molecular weight is 383 g/mol. The third kappa shape index (κ3) is 4.98. The number of nitrogens with one attached hydrogen (secondary N) is 1. The molecule has 3 aromatic carbocycles. The maximum Gasteiger partial charge on any atom is 0.117 e. The topological polar surface area (TPSA) is 42.7 Å². The first-order chi connectivity index (χ1) is 14.3. The lowest BCUT2D eigenvalue weighted by Gasteiger charge is -2.05. The molecule has 0 saturated carbocycles. The Kier molecular flexibility index (Phi) is 6.13. The molecule has 4 rings (SSSR count). The summed E-state index contributed by atoms with van der Waals surface area (Å²) < 4.78 is 0. The molecule has 0 aliphatic rings. The Morgan fingerprint density at radius 3 is 2.24 bits per heavy atom. The summed E-state index contributed by atoms with van der Waals surface area (Å²) in [6.45, 7) is 4.41. The van der Waals surface area contributed by atoms with Crippen LogP contribution < -0.4 is 5.32 Å². The van der Waals surface area contributed by atoms with E-state index in [-0.39, 0.29) is 0 Å². The highest BCUT2D eigenvalue weighted by atomic mass is 15.5. The predicted octanol–water partition coefficient (Wildman–Crippen LogP) is 4.63. The highest BCUT2D eigenvalue weighted by molar-refractivity contribution is 5.60. The Morgan fingerprint density at radius 2 is 1.48 bits per heavy atom. The molecule has 146 valence electrons. The smallest absolute Gasteiger partial charge is 0.117 e.